The minimum Gasteiger partial charge on any atom is -0.375 e. The van der Waals surface area contributed by atoms with Gasteiger partial charge in [-0.3, -0.25) is 9.63 Å². The Bertz CT molecular complexity index is 915. The first-order chi connectivity index (χ1) is 15.4. The second-order valence-electron chi connectivity index (χ2n) is 6.85. The quantitative estimate of drug-likeness (QED) is 0.231. The van der Waals surface area contributed by atoms with Crippen LogP contribution in [0.5, 0.6) is 0 Å². The van der Waals surface area contributed by atoms with Crippen LogP contribution in [-0.2, 0) is 16.2 Å². The fourth-order valence-electron chi connectivity index (χ4n) is 2.73. The Balaban J connectivity index is 2.31. The monoisotopic (exact) mass is 455 g/mol. The summed E-state index contributed by atoms with van der Waals surface area (Å²) in [5.74, 6) is -4.11. The largest absolute Gasteiger partial charge is 0.375 e. The summed E-state index contributed by atoms with van der Waals surface area (Å²) in [5, 5.41) is 5.47. The van der Waals surface area contributed by atoms with E-state index in [4.69, 9.17) is 21.0 Å². The predicted octanol–water partition coefficient (Wildman–Crippen LogP) is 1.84. The summed E-state index contributed by atoms with van der Waals surface area (Å²) < 4.78 is 49.3. The summed E-state index contributed by atoms with van der Waals surface area (Å²) in [6, 6.07) is 5.30. The van der Waals surface area contributed by atoms with Gasteiger partial charge in [0.15, 0.2) is 11.6 Å². The number of rotatable bonds is 13. The van der Waals surface area contributed by atoms with Gasteiger partial charge >= 0.3 is 0 Å². The molecule has 0 saturated heterocycles. The molecule has 0 atom stereocenters. The third-order valence-corrected chi connectivity index (χ3v) is 4.30. The number of nitrogens with two attached hydrogens (primary N) is 2. The lowest BCUT2D eigenvalue weighted by atomic mass is 10.1. The zero-order valence-electron chi connectivity index (χ0n) is 17.8. The molecule has 7 N–H and O–H groups in total. The Morgan fingerprint density at radius 1 is 1.03 bits per heavy atom. The van der Waals surface area contributed by atoms with Gasteiger partial charge in [-0.25, -0.2) is 18.7 Å². The number of amides is 1. The van der Waals surface area contributed by atoms with Crippen LogP contribution in [0.1, 0.15) is 21.5 Å². The van der Waals surface area contributed by atoms with Crippen LogP contribution >= 0.6 is 0 Å². The third kappa shape index (κ3) is 7.18. The molecule has 1 amide bonds. The highest BCUT2D eigenvalue weighted by Crippen LogP contribution is 2.30. The van der Waals surface area contributed by atoms with Crippen molar-refractivity contribution in [2.24, 2.45) is 11.5 Å². The number of hydroxylamine groups is 1. The lowest BCUT2D eigenvalue weighted by Crippen LogP contribution is -2.28. The molecule has 0 aliphatic rings. The van der Waals surface area contributed by atoms with Gasteiger partial charge in [0.2, 0.25) is 0 Å². The zero-order valence-corrected chi connectivity index (χ0v) is 17.8. The number of carbonyl (C=O) groups excluding carboxylic acids is 1. The van der Waals surface area contributed by atoms with Gasteiger partial charge in [-0.2, -0.15) is 0 Å². The molecule has 11 heteroatoms. The SMILES string of the molecule is Cc1ccc(Nc2c(C(=O)NOCCN)cc(COCCNCCN)c(F)c2F)c(F)c1. The summed E-state index contributed by atoms with van der Waals surface area (Å²) in [4.78, 5) is 17.5. The number of ether oxygens (including phenoxy) is 1. The molecule has 0 heterocycles. The van der Waals surface area contributed by atoms with Crippen molar-refractivity contribution in [3.05, 3.63) is 58.4 Å². The van der Waals surface area contributed by atoms with Crippen LogP contribution in [0.2, 0.25) is 0 Å². The Labute approximate surface area is 184 Å². The van der Waals surface area contributed by atoms with Crippen LogP contribution in [0.3, 0.4) is 0 Å². The molecule has 0 radical (unpaired) electrons. The van der Waals surface area contributed by atoms with Crippen LogP contribution in [0.15, 0.2) is 24.3 Å². The first-order valence-corrected chi connectivity index (χ1v) is 10.0. The highest BCUT2D eigenvalue weighted by Gasteiger charge is 2.24. The van der Waals surface area contributed by atoms with Gasteiger partial charge in [0.05, 0.1) is 36.8 Å². The van der Waals surface area contributed by atoms with E-state index in [1.807, 2.05) is 0 Å². The maximum absolute atomic E-state index is 15.0. The van der Waals surface area contributed by atoms with Gasteiger partial charge < -0.3 is 26.8 Å². The summed E-state index contributed by atoms with van der Waals surface area (Å²) in [6.45, 7) is 3.28. The summed E-state index contributed by atoms with van der Waals surface area (Å²) in [5.41, 5.74) is 12.3. The van der Waals surface area contributed by atoms with Crippen molar-refractivity contribution in [3.63, 3.8) is 0 Å². The summed E-state index contributed by atoms with van der Waals surface area (Å²) in [6.07, 6.45) is 0. The van der Waals surface area contributed by atoms with Gasteiger partial charge in [-0.1, -0.05) is 6.07 Å². The zero-order chi connectivity index (χ0) is 23.5. The molecule has 2 aromatic rings. The molecule has 8 nitrogen and oxygen atoms in total. The second-order valence-corrected chi connectivity index (χ2v) is 6.85. The predicted molar refractivity (Wildman–Crippen MR) is 115 cm³/mol. The molecule has 2 aromatic carbocycles. The first-order valence-electron chi connectivity index (χ1n) is 10.0. The number of anilines is 2. The Hall–Kier alpha value is -2.70. The fraction of sp³-hybridized carbons (Fsp3) is 0.381. The molecular weight excluding hydrogens is 427 g/mol. The van der Waals surface area contributed by atoms with E-state index in [1.54, 1.807) is 13.0 Å². The van der Waals surface area contributed by atoms with Gasteiger partial charge in [-0.05, 0) is 30.7 Å². The van der Waals surface area contributed by atoms with E-state index in [0.717, 1.165) is 6.07 Å². The van der Waals surface area contributed by atoms with Gasteiger partial charge in [-0.15, -0.1) is 0 Å². The first kappa shape index (κ1) is 25.6. The number of hydrogen-bond donors (Lipinski definition) is 5. The highest BCUT2D eigenvalue weighted by atomic mass is 19.2. The van der Waals surface area contributed by atoms with E-state index in [2.05, 4.69) is 16.1 Å². The van der Waals surface area contributed by atoms with E-state index in [9.17, 15) is 18.0 Å². The lowest BCUT2D eigenvalue weighted by Gasteiger charge is -2.17. The topological polar surface area (TPSA) is 124 Å². The van der Waals surface area contributed by atoms with Crippen molar-refractivity contribution in [1.29, 1.82) is 0 Å². The molecule has 0 fully saturated rings. The summed E-state index contributed by atoms with van der Waals surface area (Å²) >= 11 is 0. The lowest BCUT2D eigenvalue weighted by molar-refractivity contribution is 0.0343. The van der Waals surface area contributed by atoms with Gasteiger partial charge in [0.25, 0.3) is 5.91 Å². The maximum Gasteiger partial charge on any atom is 0.277 e. The molecule has 0 spiro atoms. The van der Waals surface area contributed by atoms with Gasteiger partial charge in [0, 0.05) is 31.7 Å². The molecule has 2 rings (SSSR count). The van der Waals surface area contributed by atoms with Crippen molar-refractivity contribution in [2.75, 3.05) is 44.7 Å². The van der Waals surface area contributed by atoms with Gasteiger partial charge in [0.1, 0.15) is 5.82 Å². The number of aryl methyl sites for hydroxylation is 1. The van der Waals surface area contributed by atoms with Crippen molar-refractivity contribution in [2.45, 2.75) is 13.5 Å². The molecule has 0 aliphatic heterocycles. The smallest absolute Gasteiger partial charge is 0.277 e. The van der Waals surface area contributed by atoms with Crippen LogP contribution in [0.25, 0.3) is 0 Å². The number of carbonyl (C=O) groups is 1. The van der Waals surface area contributed by atoms with Crippen molar-refractivity contribution < 1.29 is 27.5 Å². The maximum atomic E-state index is 15.0. The molecule has 0 aliphatic carbocycles. The van der Waals surface area contributed by atoms with Crippen LogP contribution < -0.4 is 27.6 Å². The minimum atomic E-state index is -1.35. The molecule has 0 bridgehead atoms. The Kier molecular flexibility index (Phi) is 10.4. The van der Waals surface area contributed by atoms with E-state index < -0.39 is 29.0 Å². The van der Waals surface area contributed by atoms with E-state index >= 15 is 0 Å². The Morgan fingerprint density at radius 3 is 2.50 bits per heavy atom. The van der Waals surface area contributed by atoms with Crippen molar-refractivity contribution in [1.82, 2.24) is 10.8 Å². The molecule has 0 saturated carbocycles. The van der Waals surface area contributed by atoms with Crippen LogP contribution in [0.4, 0.5) is 24.5 Å². The molecular formula is C21H28F3N5O3. The Morgan fingerprint density at radius 2 is 1.81 bits per heavy atom. The minimum absolute atomic E-state index is 0.0105. The number of hydrogen-bond acceptors (Lipinski definition) is 7. The molecule has 32 heavy (non-hydrogen) atoms. The summed E-state index contributed by atoms with van der Waals surface area (Å²) in [7, 11) is 0. The average Bonchev–Trinajstić information content (AvgIpc) is 2.76. The number of nitrogens with one attached hydrogen (secondary N) is 3. The standard InChI is InChI=1S/C21H28F3N5O3/c1-13-2-3-17(16(22)10-13)28-20-15(21(30)29-32-8-5-26)11-14(18(23)19(20)24)12-31-9-7-27-6-4-25/h2-3,10-11,27-28H,4-9,12,25-26H2,1H3,(H,29,30). The molecule has 0 aromatic heterocycles. The number of halogens is 3. The van der Waals surface area contributed by atoms with E-state index in [0.29, 0.717) is 25.2 Å². The van der Waals surface area contributed by atoms with Crippen molar-refractivity contribution >= 4 is 17.3 Å². The highest BCUT2D eigenvalue weighted by molar-refractivity contribution is 6.00. The molecule has 176 valence electrons. The normalized spacial score (nSPS) is 10.9. The second kappa shape index (κ2) is 13.0. The third-order valence-electron chi connectivity index (χ3n) is 4.30. The van der Waals surface area contributed by atoms with Crippen molar-refractivity contribution in [3.8, 4) is 0 Å². The number of benzene rings is 2. The van der Waals surface area contributed by atoms with E-state index in [-0.39, 0.29) is 43.2 Å². The van der Waals surface area contributed by atoms with E-state index in [1.165, 1.54) is 12.1 Å². The fourth-order valence-corrected chi connectivity index (χ4v) is 2.73. The molecule has 0 unspecified atom stereocenters. The van der Waals surface area contributed by atoms with Crippen LogP contribution in [-0.4, -0.2) is 45.3 Å². The van der Waals surface area contributed by atoms with Crippen LogP contribution in [0, 0.1) is 24.4 Å². The average molecular weight is 455 g/mol.